The second kappa shape index (κ2) is 7.41. The maximum Gasteiger partial charge on any atom is 0.331 e. The molecule has 8 heteroatoms. The van der Waals surface area contributed by atoms with E-state index in [0.717, 1.165) is 9.13 Å². The zero-order chi connectivity index (χ0) is 16.0. The Morgan fingerprint density at radius 1 is 1.19 bits per heavy atom. The van der Waals surface area contributed by atoms with Crippen molar-refractivity contribution >= 4 is 11.8 Å². The summed E-state index contributed by atoms with van der Waals surface area (Å²) in [7, 11) is 1.35. The minimum atomic E-state index is -0.550. The van der Waals surface area contributed by atoms with Crippen molar-refractivity contribution in [3.8, 4) is 0 Å². The summed E-state index contributed by atoms with van der Waals surface area (Å²) in [5.41, 5.74) is -0.973. The Balaban J connectivity index is 2.45. The minimum absolute atomic E-state index is 0.0847. The van der Waals surface area contributed by atoms with Crippen LogP contribution in [0, 0.1) is 5.92 Å². The van der Waals surface area contributed by atoms with E-state index < -0.39 is 11.2 Å². The van der Waals surface area contributed by atoms with Crippen molar-refractivity contribution in [1.29, 1.82) is 0 Å². The Bertz CT molecular complexity index is 630. The van der Waals surface area contributed by atoms with Crippen molar-refractivity contribution in [3.63, 3.8) is 0 Å². The van der Waals surface area contributed by atoms with Crippen LogP contribution in [0.15, 0.2) is 21.9 Å². The average molecular weight is 296 g/mol. The molecular formula is C13H20N4O4. The highest BCUT2D eigenvalue weighted by Gasteiger charge is 2.08. The largest absolute Gasteiger partial charge is 0.354 e. The van der Waals surface area contributed by atoms with Crippen LogP contribution in [0.4, 0.5) is 0 Å². The van der Waals surface area contributed by atoms with Gasteiger partial charge in [-0.1, -0.05) is 13.8 Å². The van der Waals surface area contributed by atoms with E-state index in [-0.39, 0.29) is 30.8 Å². The van der Waals surface area contributed by atoms with E-state index in [1.165, 1.54) is 19.3 Å². The van der Waals surface area contributed by atoms with E-state index >= 15 is 0 Å². The van der Waals surface area contributed by atoms with Crippen LogP contribution in [-0.4, -0.2) is 34.0 Å². The summed E-state index contributed by atoms with van der Waals surface area (Å²) < 4.78 is 2.07. The van der Waals surface area contributed by atoms with Crippen molar-refractivity contribution in [2.45, 2.75) is 20.4 Å². The average Bonchev–Trinajstić information content (AvgIpc) is 2.44. The summed E-state index contributed by atoms with van der Waals surface area (Å²) in [6, 6.07) is 1.22. The summed E-state index contributed by atoms with van der Waals surface area (Å²) in [6.07, 6.45) is 1.28. The number of nitrogens with zero attached hydrogens (tertiary/aromatic N) is 2. The van der Waals surface area contributed by atoms with Crippen molar-refractivity contribution in [2.75, 3.05) is 13.1 Å². The number of amides is 2. The molecular weight excluding hydrogens is 276 g/mol. The maximum atomic E-state index is 11.7. The summed E-state index contributed by atoms with van der Waals surface area (Å²) >= 11 is 0. The van der Waals surface area contributed by atoms with E-state index in [2.05, 4.69) is 10.6 Å². The van der Waals surface area contributed by atoms with Gasteiger partial charge in [-0.05, 0) is 0 Å². The van der Waals surface area contributed by atoms with Crippen molar-refractivity contribution in [2.24, 2.45) is 13.0 Å². The van der Waals surface area contributed by atoms with Crippen LogP contribution in [0.5, 0.6) is 0 Å². The third-order valence-electron chi connectivity index (χ3n) is 2.84. The number of hydrogen-bond acceptors (Lipinski definition) is 4. The first kappa shape index (κ1) is 16.7. The predicted octanol–water partition coefficient (Wildman–Crippen LogP) is -1.56. The number of aromatic nitrogens is 2. The van der Waals surface area contributed by atoms with E-state index in [4.69, 9.17) is 0 Å². The smallest absolute Gasteiger partial charge is 0.331 e. The molecule has 2 N–H and O–H groups in total. The first-order valence-corrected chi connectivity index (χ1v) is 6.64. The van der Waals surface area contributed by atoms with Crippen LogP contribution in [0.25, 0.3) is 0 Å². The van der Waals surface area contributed by atoms with E-state index in [1.807, 2.05) is 0 Å². The lowest BCUT2D eigenvalue weighted by Crippen LogP contribution is -2.41. The van der Waals surface area contributed by atoms with Crippen LogP contribution in [-0.2, 0) is 23.2 Å². The second-order valence-electron chi connectivity index (χ2n) is 4.92. The third-order valence-corrected chi connectivity index (χ3v) is 2.84. The van der Waals surface area contributed by atoms with Crippen LogP contribution in [0.2, 0.25) is 0 Å². The van der Waals surface area contributed by atoms with Gasteiger partial charge in [0.05, 0.1) is 0 Å². The summed E-state index contributed by atoms with van der Waals surface area (Å²) in [6.45, 7) is 3.98. The molecule has 0 aliphatic rings. The Kier molecular flexibility index (Phi) is 5.89. The van der Waals surface area contributed by atoms with Crippen LogP contribution < -0.4 is 21.9 Å². The highest BCUT2D eigenvalue weighted by atomic mass is 16.2. The monoisotopic (exact) mass is 296 g/mol. The Morgan fingerprint density at radius 3 is 2.43 bits per heavy atom. The normalized spacial score (nSPS) is 10.5. The zero-order valence-corrected chi connectivity index (χ0v) is 12.4. The van der Waals surface area contributed by atoms with Gasteiger partial charge in [0.15, 0.2) is 0 Å². The molecule has 8 nitrogen and oxygen atoms in total. The highest BCUT2D eigenvalue weighted by molar-refractivity contribution is 5.78. The number of carbonyl (C=O) groups is 2. The Morgan fingerprint density at radius 2 is 1.81 bits per heavy atom. The third kappa shape index (κ3) is 4.90. The molecule has 1 aromatic heterocycles. The van der Waals surface area contributed by atoms with Crippen molar-refractivity contribution < 1.29 is 9.59 Å². The minimum Gasteiger partial charge on any atom is -0.354 e. The molecule has 116 valence electrons. The lowest BCUT2D eigenvalue weighted by Gasteiger charge is -2.10. The van der Waals surface area contributed by atoms with Gasteiger partial charge in [-0.3, -0.25) is 23.5 Å². The van der Waals surface area contributed by atoms with Crippen LogP contribution in [0.1, 0.15) is 13.8 Å². The van der Waals surface area contributed by atoms with Gasteiger partial charge in [0, 0.05) is 38.3 Å². The molecule has 1 aromatic rings. The number of carbonyl (C=O) groups excluding carboxylic acids is 2. The second-order valence-corrected chi connectivity index (χ2v) is 4.92. The Labute approximate surface area is 121 Å². The first-order valence-electron chi connectivity index (χ1n) is 6.64. The molecule has 2 amide bonds. The fraction of sp³-hybridized carbons (Fsp3) is 0.538. The molecule has 1 heterocycles. The lowest BCUT2D eigenvalue weighted by molar-refractivity contribution is -0.125. The lowest BCUT2D eigenvalue weighted by atomic mass is 10.2. The SMILES string of the molecule is CC(C)C(=O)NCCNC(=O)Cn1ccc(=O)n(C)c1=O. The highest BCUT2D eigenvalue weighted by Crippen LogP contribution is 1.88. The molecule has 0 bridgehead atoms. The topological polar surface area (TPSA) is 102 Å². The van der Waals surface area contributed by atoms with Crippen LogP contribution in [0.3, 0.4) is 0 Å². The molecule has 0 unspecified atom stereocenters. The molecule has 0 fully saturated rings. The van der Waals surface area contributed by atoms with Gasteiger partial charge < -0.3 is 10.6 Å². The summed E-state index contributed by atoms with van der Waals surface area (Å²) in [5.74, 6) is -0.557. The molecule has 0 saturated carbocycles. The molecule has 1 rings (SSSR count). The summed E-state index contributed by atoms with van der Waals surface area (Å²) in [5, 5.41) is 5.25. The molecule has 0 aliphatic carbocycles. The zero-order valence-electron chi connectivity index (χ0n) is 12.4. The standard InChI is InChI=1S/C13H20N4O4/c1-9(2)12(20)15-6-5-14-10(18)8-17-7-4-11(19)16(3)13(17)21/h4,7,9H,5-6,8H2,1-3H3,(H,14,18)(H,15,20). The molecule has 0 saturated heterocycles. The van der Waals surface area contributed by atoms with Gasteiger partial charge in [-0.15, -0.1) is 0 Å². The predicted molar refractivity (Wildman–Crippen MR) is 76.8 cm³/mol. The van der Waals surface area contributed by atoms with E-state index in [1.54, 1.807) is 13.8 Å². The van der Waals surface area contributed by atoms with Gasteiger partial charge in [0.2, 0.25) is 11.8 Å². The van der Waals surface area contributed by atoms with Gasteiger partial charge in [0.25, 0.3) is 5.56 Å². The number of hydrogen-bond donors (Lipinski definition) is 2. The van der Waals surface area contributed by atoms with E-state index in [0.29, 0.717) is 6.54 Å². The van der Waals surface area contributed by atoms with Gasteiger partial charge in [0.1, 0.15) is 6.54 Å². The molecule has 21 heavy (non-hydrogen) atoms. The molecule has 0 radical (unpaired) electrons. The molecule has 0 aromatic carbocycles. The summed E-state index contributed by atoms with van der Waals surface area (Å²) in [4.78, 5) is 45.9. The Hall–Kier alpha value is -2.38. The fourth-order valence-corrected chi connectivity index (χ4v) is 1.54. The van der Waals surface area contributed by atoms with E-state index in [9.17, 15) is 19.2 Å². The molecule has 0 atom stereocenters. The number of rotatable bonds is 6. The molecule has 0 spiro atoms. The quantitative estimate of drug-likeness (QED) is 0.619. The first-order chi connectivity index (χ1) is 9.82. The van der Waals surface area contributed by atoms with Gasteiger partial charge in [-0.2, -0.15) is 0 Å². The van der Waals surface area contributed by atoms with Gasteiger partial charge in [-0.25, -0.2) is 4.79 Å². The molecule has 0 aliphatic heterocycles. The number of nitrogens with one attached hydrogen (secondary N) is 2. The van der Waals surface area contributed by atoms with Gasteiger partial charge >= 0.3 is 5.69 Å². The van der Waals surface area contributed by atoms with Crippen molar-refractivity contribution in [3.05, 3.63) is 33.1 Å². The van der Waals surface area contributed by atoms with Crippen molar-refractivity contribution in [1.82, 2.24) is 19.8 Å². The maximum absolute atomic E-state index is 11.7. The van der Waals surface area contributed by atoms with Crippen LogP contribution >= 0.6 is 0 Å². The fourth-order valence-electron chi connectivity index (χ4n) is 1.54.